The first kappa shape index (κ1) is 19.9. The fourth-order valence-corrected chi connectivity index (χ4v) is 3.23. The van der Waals surface area contributed by atoms with E-state index in [2.05, 4.69) is 10.3 Å². The van der Waals surface area contributed by atoms with Crippen molar-refractivity contribution in [3.8, 4) is 5.88 Å². The highest BCUT2D eigenvalue weighted by Crippen LogP contribution is 2.17. The zero-order valence-corrected chi connectivity index (χ0v) is 16.5. The molecular formula is C20H23ClN4O3. The van der Waals surface area contributed by atoms with Crippen LogP contribution in [0.2, 0.25) is 5.02 Å². The van der Waals surface area contributed by atoms with Gasteiger partial charge in [-0.15, -0.1) is 0 Å². The monoisotopic (exact) mass is 402 g/mol. The first-order valence-electron chi connectivity index (χ1n) is 9.26. The molecule has 7 nitrogen and oxygen atoms in total. The van der Waals surface area contributed by atoms with Gasteiger partial charge in [-0.2, -0.15) is 0 Å². The Labute approximate surface area is 169 Å². The SMILES string of the molecule is CCOc1cc(C(=O)N2CCCN(C(=O)Nc3cccc(Cl)c3)CC2)ccn1. The lowest BCUT2D eigenvalue weighted by atomic mass is 10.2. The topological polar surface area (TPSA) is 74.8 Å². The van der Waals surface area contributed by atoms with Gasteiger partial charge in [-0.25, -0.2) is 9.78 Å². The van der Waals surface area contributed by atoms with E-state index in [0.29, 0.717) is 61.4 Å². The molecule has 3 amide bonds. The van der Waals surface area contributed by atoms with E-state index < -0.39 is 0 Å². The first-order chi connectivity index (χ1) is 13.6. The lowest BCUT2D eigenvalue weighted by Crippen LogP contribution is -2.39. The lowest BCUT2D eigenvalue weighted by molar-refractivity contribution is 0.0762. The Morgan fingerprint density at radius 2 is 1.93 bits per heavy atom. The van der Waals surface area contributed by atoms with Gasteiger partial charge in [-0.1, -0.05) is 17.7 Å². The molecule has 0 atom stereocenters. The number of anilines is 1. The minimum atomic E-state index is -0.195. The number of ether oxygens (including phenoxy) is 1. The fourth-order valence-electron chi connectivity index (χ4n) is 3.04. The van der Waals surface area contributed by atoms with Crippen LogP contribution in [0.1, 0.15) is 23.7 Å². The van der Waals surface area contributed by atoms with Crippen molar-refractivity contribution in [2.24, 2.45) is 0 Å². The van der Waals surface area contributed by atoms with Gasteiger partial charge in [0, 0.05) is 54.7 Å². The third-order valence-corrected chi connectivity index (χ3v) is 4.66. The number of urea groups is 1. The molecule has 2 heterocycles. The summed E-state index contributed by atoms with van der Waals surface area (Å²) in [6, 6.07) is 10.2. The number of halogens is 1. The van der Waals surface area contributed by atoms with Crippen molar-refractivity contribution in [3.05, 3.63) is 53.2 Å². The Kier molecular flexibility index (Phi) is 6.71. The maximum absolute atomic E-state index is 12.8. The number of pyridine rings is 1. The molecule has 0 unspecified atom stereocenters. The fraction of sp³-hybridized carbons (Fsp3) is 0.350. The molecule has 1 N–H and O–H groups in total. The molecule has 28 heavy (non-hydrogen) atoms. The Morgan fingerprint density at radius 3 is 2.71 bits per heavy atom. The van der Waals surface area contributed by atoms with Crippen LogP contribution in [0.25, 0.3) is 0 Å². The van der Waals surface area contributed by atoms with E-state index in [9.17, 15) is 9.59 Å². The van der Waals surface area contributed by atoms with Gasteiger partial charge in [0.25, 0.3) is 5.91 Å². The van der Waals surface area contributed by atoms with Crippen molar-refractivity contribution in [2.45, 2.75) is 13.3 Å². The summed E-state index contributed by atoms with van der Waals surface area (Å²) in [5.74, 6) is 0.353. The van der Waals surface area contributed by atoms with Crippen LogP contribution >= 0.6 is 11.6 Å². The molecule has 0 bridgehead atoms. The second-order valence-electron chi connectivity index (χ2n) is 6.39. The van der Waals surface area contributed by atoms with Crippen LogP contribution in [0.3, 0.4) is 0 Å². The molecule has 1 aliphatic rings. The molecule has 2 aromatic rings. The minimum Gasteiger partial charge on any atom is -0.478 e. The largest absolute Gasteiger partial charge is 0.478 e. The minimum absolute atomic E-state index is 0.0829. The Bertz CT molecular complexity index is 846. The van der Waals surface area contributed by atoms with Crippen molar-refractivity contribution in [1.82, 2.24) is 14.8 Å². The molecule has 0 aliphatic carbocycles. The van der Waals surface area contributed by atoms with Crippen LogP contribution in [0, 0.1) is 0 Å². The van der Waals surface area contributed by atoms with Crippen LogP contribution in [-0.4, -0.2) is 59.5 Å². The van der Waals surface area contributed by atoms with Gasteiger partial charge in [-0.3, -0.25) is 4.79 Å². The smallest absolute Gasteiger partial charge is 0.321 e. The lowest BCUT2D eigenvalue weighted by Gasteiger charge is -2.22. The Morgan fingerprint density at radius 1 is 1.14 bits per heavy atom. The normalized spacial score (nSPS) is 14.4. The second-order valence-corrected chi connectivity index (χ2v) is 6.83. The number of hydrogen-bond donors (Lipinski definition) is 1. The number of nitrogens with one attached hydrogen (secondary N) is 1. The highest BCUT2D eigenvalue weighted by atomic mass is 35.5. The van der Waals surface area contributed by atoms with Crippen LogP contribution in [-0.2, 0) is 0 Å². The van der Waals surface area contributed by atoms with E-state index in [1.807, 2.05) is 6.92 Å². The zero-order valence-electron chi connectivity index (χ0n) is 15.7. The maximum atomic E-state index is 12.8. The molecule has 3 rings (SSSR count). The first-order valence-corrected chi connectivity index (χ1v) is 9.64. The molecule has 1 saturated heterocycles. The predicted molar refractivity (Wildman–Crippen MR) is 108 cm³/mol. The van der Waals surface area contributed by atoms with Gasteiger partial charge in [0.15, 0.2) is 0 Å². The number of benzene rings is 1. The van der Waals surface area contributed by atoms with Gasteiger partial charge in [0.1, 0.15) is 0 Å². The molecule has 0 spiro atoms. The molecule has 8 heteroatoms. The summed E-state index contributed by atoms with van der Waals surface area (Å²) in [6.45, 7) is 4.46. The highest BCUT2D eigenvalue weighted by molar-refractivity contribution is 6.30. The summed E-state index contributed by atoms with van der Waals surface area (Å²) in [7, 11) is 0. The van der Waals surface area contributed by atoms with E-state index in [1.54, 1.807) is 52.4 Å². The zero-order chi connectivity index (χ0) is 19.9. The summed E-state index contributed by atoms with van der Waals surface area (Å²) in [4.78, 5) is 32.9. The molecule has 1 aliphatic heterocycles. The van der Waals surface area contributed by atoms with Gasteiger partial charge < -0.3 is 19.9 Å². The summed E-state index contributed by atoms with van der Waals surface area (Å²) in [5.41, 5.74) is 1.19. The van der Waals surface area contributed by atoms with E-state index in [4.69, 9.17) is 16.3 Å². The van der Waals surface area contributed by atoms with Crippen LogP contribution in [0.15, 0.2) is 42.6 Å². The summed E-state index contributed by atoms with van der Waals surface area (Å²) >= 11 is 5.96. The number of aromatic nitrogens is 1. The summed E-state index contributed by atoms with van der Waals surface area (Å²) in [5, 5.41) is 3.42. The van der Waals surface area contributed by atoms with Crippen molar-refractivity contribution in [2.75, 3.05) is 38.1 Å². The van der Waals surface area contributed by atoms with Crippen LogP contribution in [0.4, 0.5) is 10.5 Å². The molecule has 0 saturated carbocycles. The highest BCUT2D eigenvalue weighted by Gasteiger charge is 2.23. The van der Waals surface area contributed by atoms with E-state index >= 15 is 0 Å². The number of hydrogen-bond acceptors (Lipinski definition) is 4. The van der Waals surface area contributed by atoms with E-state index in [0.717, 1.165) is 0 Å². The number of carbonyl (C=O) groups excluding carboxylic acids is 2. The molecule has 0 radical (unpaired) electrons. The van der Waals surface area contributed by atoms with Gasteiger partial charge >= 0.3 is 6.03 Å². The van der Waals surface area contributed by atoms with Crippen LogP contribution < -0.4 is 10.1 Å². The van der Waals surface area contributed by atoms with E-state index in [-0.39, 0.29) is 11.9 Å². The molecule has 1 aromatic carbocycles. The van der Waals surface area contributed by atoms with Gasteiger partial charge in [0.2, 0.25) is 5.88 Å². The van der Waals surface area contributed by atoms with Crippen molar-refractivity contribution < 1.29 is 14.3 Å². The number of amides is 3. The predicted octanol–water partition coefficient (Wildman–Crippen LogP) is 3.51. The molecular weight excluding hydrogens is 380 g/mol. The molecule has 1 fully saturated rings. The average molecular weight is 403 g/mol. The summed E-state index contributed by atoms with van der Waals surface area (Å²) in [6.07, 6.45) is 2.28. The van der Waals surface area contributed by atoms with Gasteiger partial charge in [-0.05, 0) is 37.6 Å². The van der Waals surface area contributed by atoms with Crippen molar-refractivity contribution in [3.63, 3.8) is 0 Å². The summed E-state index contributed by atoms with van der Waals surface area (Å²) < 4.78 is 5.37. The maximum Gasteiger partial charge on any atom is 0.321 e. The third kappa shape index (κ3) is 5.13. The van der Waals surface area contributed by atoms with Crippen LogP contribution in [0.5, 0.6) is 5.88 Å². The number of nitrogens with zero attached hydrogens (tertiary/aromatic N) is 3. The molecule has 148 valence electrons. The number of carbonyl (C=O) groups is 2. The number of rotatable bonds is 4. The average Bonchev–Trinajstić information content (AvgIpc) is 2.94. The standard InChI is InChI=1S/C20H23ClN4O3/c1-2-28-18-13-15(7-8-22-18)19(26)24-9-4-10-25(12-11-24)20(27)23-17-6-3-5-16(21)14-17/h3,5-8,13-14H,2,4,9-12H2,1H3,(H,23,27). The van der Waals surface area contributed by atoms with Gasteiger partial charge in [0.05, 0.1) is 6.61 Å². The van der Waals surface area contributed by atoms with E-state index in [1.165, 1.54) is 0 Å². The second kappa shape index (κ2) is 9.41. The Balaban J connectivity index is 1.60. The molecule has 1 aromatic heterocycles. The van der Waals surface area contributed by atoms with Crippen molar-refractivity contribution >= 4 is 29.2 Å². The third-order valence-electron chi connectivity index (χ3n) is 4.42. The Hall–Kier alpha value is -2.80. The quantitative estimate of drug-likeness (QED) is 0.849. The van der Waals surface area contributed by atoms with Crippen molar-refractivity contribution in [1.29, 1.82) is 0 Å².